The second-order valence-electron chi connectivity index (χ2n) is 2.89. The summed E-state index contributed by atoms with van der Waals surface area (Å²) in [6.07, 6.45) is 0. The molecule has 0 fully saturated rings. The van der Waals surface area contributed by atoms with Gasteiger partial charge in [-0.2, -0.15) is 5.10 Å². The molecule has 1 aromatic heterocycles. The van der Waals surface area contributed by atoms with Crippen LogP contribution in [-0.2, 0) is 7.05 Å². The first-order chi connectivity index (χ1) is 5.15. The highest BCUT2D eigenvalue weighted by Gasteiger charge is 2.07. The maximum atomic E-state index is 5.08. The van der Waals surface area contributed by atoms with Crippen LogP contribution in [-0.4, -0.2) is 16.9 Å². The number of methoxy groups -OCH3 is 1. The molecule has 0 saturated carbocycles. The fraction of sp³-hybridized carbons (Fsp3) is 0.625. The number of nitrogens with zero attached hydrogens (tertiary/aromatic N) is 2. The molecule has 1 aromatic rings. The van der Waals surface area contributed by atoms with Crippen LogP contribution in [0, 0.1) is 0 Å². The molecule has 11 heavy (non-hydrogen) atoms. The van der Waals surface area contributed by atoms with E-state index in [9.17, 15) is 0 Å². The molecule has 1 heterocycles. The Labute approximate surface area is 67.0 Å². The Morgan fingerprint density at radius 3 is 2.45 bits per heavy atom. The van der Waals surface area contributed by atoms with Gasteiger partial charge in [-0.15, -0.1) is 0 Å². The molecule has 0 saturated heterocycles. The summed E-state index contributed by atoms with van der Waals surface area (Å²) >= 11 is 0. The second-order valence-corrected chi connectivity index (χ2v) is 2.89. The summed E-state index contributed by atoms with van der Waals surface area (Å²) in [6.45, 7) is 4.23. The molecule has 0 amide bonds. The van der Waals surface area contributed by atoms with Crippen molar-refractivity contribution in [1.29, 1.82) is 0 Å². The molecule has 3 heteroatoms. The van der Waals surface area contributed by atoms with Crippen molar-refractivity contribution in [3.05, 3.63) is 11.8 Å². The summed E-state index contributed by atoms with van der Waals surface area (Å²) in [5.41, 5.74) is 1.07. The molecule has 0 aliphatic rings. The first-order valence-corrected chi connectivity index (χ1v) is 3.73. The van der Waals surface area contributed by atoms with E-state index in [-0.39, 0.29) is 0 Å². The highest BCUT2D eigenvalue weighted by Crippen LogP contribution is 2.17. The third-order valence-electron chi connectivity index (χ3n) is 1.66. The smallest absolute Gasteiger partial charge is 0.211 e. The molecule has 1 rings (SSSR count). The van der Waals surface area contributed by atoms with E-state index >= 15 is 0 Å². The summed E-state index contributed by atoms with van der Waals surface area (Å²) in [6, 6.07) is 1.96. The molecule has 0 aliphatic carbocycles. The minimum Gasteiger partial charge on any atom is -0.481 e. The van der Waals surface area contributed by atoms with Crippen LogP contribution in [0.25, 0.3) is 0 Å². The molecule has 0 aromatic carbocycles. The highest BCUT2D eigenvalue weighted by atomic mass is 16.5. The maximum Gasteiger partial charge on any atom is 0.211 e. The van der Waals surface area contributed by atoms with Crippen LogP contribution in [0.15, 0.2) is 6.07 Å². The molecule has 0 unspecified atom stereocenters. The van der Waals surface area contributed by atoms with Crippen LogP contribution in [0.5, 0.6) is 5.88 Å². The summed E-state index contributed by atoms with van der Waals surface area (Å²) in [5, 5.41) is 4.27. The van der Waals surface area contributed by atoms with Gasteiger partial charge in [-0.05, 0) is 5.92 Å². The van der Waals surface area contributed by atoms with Crippen LogP contribution >= 0.6 is 0 Å². The molecule has 0 radical (unpaired) electrons. The molecule has 62 valence electrons. The van der Waals surface area contributed by atoms with Crippen LogP contribution in [0.1, 0.15) is 25.5 Å². The zero-order valence-electron chi connectivity index (χ0n) is 7.46. The van der Waals surface area contributed by atoms with Crippen molar-refractivity contribution in [2.45, 2.75) is 19.8 Å². The van der Waals surface area contributed by atoms with Gasteiger partial charge in [0.05, 0.1) is 12.8 Å². The number of aryl methyl sites for hydroxylation is 1. The van der Waals surface area contributed by atoms with Crippen molar-refractivity contribution in [3.8, 4) is 5.88 Å². The Morgan fingerprint density at radius 1 is 1.55 bits per heavy atom. The van der Waals surface area contributed by atoms with Gasteiger partial charge in [0, 0.05) is 13.1 Å². The van der Waals surface area contributed by atoms with Gasteiger partial charge in [-0.3, -0.25) is 0 Å². The van der Waals surface area contributed by atoms with Gasteiger partial charge >= 0.3 is 0 Å². The molecule has 0 bridgehead atoms. The zero-order valence-corrected chi connectivity index (χ0v) is 7.46. The predicted octanol–water partition coefficient (Wildman–Crippen LogP) is 1.55. The van der Waals surface area contributed by atoms with Crippen molar-refractivity contribution >= 4 is 0 Å². The van der Waals surface area contributed by atoms with E-state index in [1.54, 1.807) is 11.8 Å². The average Bonchev–Trinajstić information content (AvgIpc) is 2.31. The van der Waals surface area contributed by atoms with Crippen LogP contribution < -0.4 is 4.74 Å². The molecular weight excluding hydrogens is 140 g/mol. The lowest BCUT2D eigenvalue weighted by atomic mass is 10.1. The Hall–Kier alpha value is -0.990. The summed E-state index contributed by atoms with van der Waals surface area (Å²) < 4.78 is 6.82. The third-order valence-corrected chi connectivity index (χ3v) is 1.66. The van der Waals surface area contributed by atoms with Gasteiger partial charge in [0.1, 0.15) is 0 Å². The lowest BCUT2D eigenvalue weighted by molar-refractivity contribution is 0.373. The fourth-order valence-corrected chi connectivity index (χ4v) is 0.944. The van der Waals surface area contributed by atoms with E-state index in [0.717, 1.165) is 11.6 Å². The zero-order chi connectivity index (χ0) is 8.43. The Balaban J connectivity index is 2.95. The van der Waals surface area contributed by atoms with Gasteiger partial charge in [-0.1, -0.05) is 13.8 Å². The van der Waals surface area contributed by atoms with Gasteiger partial charge in [0.2, 0.25) is 5.88 Å². The minimum absolute atomic E-state index is 0.463. The van der Waals surface area contributed by atoms with E-state index in [0.29, 0.717) is 5.92 Å². The van der Waals surface area contributed by atoms with E-state index in [1.165, 1.54) is 0 Å². The number of ether oxygens (including phenoxy) is 1. The first-order valence-electron chi connectivity index (χ1n) is 3.73. The van der Waals surface area contributed by atoms with Crippen molar-refractivity contribution in [2.75, 3.05) is 7.11 Å². The summed E-state index contributed by atoms with van der Waals surface area (Å²) in [4.78, 5) is 0. The summed E-state index contributed by atoms with van der Waals surface area (Å²) in [7, 11) is 3.53. The molecular formula is C8H14N2O. The number of hydrogen-bond donors (Lipinski definition) is 0. The quantitative estimate of drug-likeness (QED) is 0.646. The standard InChI is InChI=1S/C8H14N2O/c1-6(2)7-5-8(11-4)10(3)9-7/h5-6H,1-4H3. The van der Waals surface area contributed by atoms with Crippen molar-refractivity contribution in [3.63, 3.8) is 0 Å². The second kappa shape index (κ2) is 2.95. The molecule has 0 aliphatic heterocycles. The number of hydrogen-bond acceptors (Lipinski definition) is 2. The maximum absolute atomic E-state index is 5.08. The largest absolute Gasteiger partial charge is 0.481 e. The lowest BCUT2D eigenvalue weighted by Gasteiger charge is -1.95. The molecule has 0 spiro atoms. The predicted molar refractivity (Wildman–Crippen MR) is 43.8 cm³/mol. The van der Waals surface area contributed by atoms with Crippen LogP contribution in [0.4, 0.5) is 0 Å². The van der Waals surface area contributed by atoms with E-state index in [2.05, 4.69) is 18.9 Å². The lowest BCUT2D eigenvalue weighted by Crippen LogP contribution is -1.95. The normalized spacial score (nSPS) is 10.6. The van der Waals surface area contributed by atoms with Crippen molar-refractivity contribution < 1.29 is 4.74 Å². The van der Waals surface area contributed by atoms with E-state index in [4.69, 9.17) is 4.74 Å². The fourth-order valence-electron chi connectivity index (χ4n) is 0.944. The number of aromatic nitrogens is 2. The van der Waals surface area contributed by atoms with Crippen LogP contribution in [0.2, 0.25) is 0 Å². The molecule has 3 nitrogen and oxygen atoms in total. The molecule has 0 N–H and O–H groups in total. The van der Waals surface area contributed by atoms with Crippen molar-refractivity contribution in [2.24, 2.45) is 7.05 Å². The Bertz CT molecular complexity index is 240. The van der Waals surface area contributed by atoms with E-state index in [1.807, 2.05) is 13.1 Å². The summed E-state index contributed by atoms with van der Waals surface area (Å²) in [5.74, 6) is 1.28. The van der Waals surface area contributed by atoms with Gasteiger partial charge in [-0.25, -0.2) is 4.68 Å². The van der Waals surface area contributed by atoms with Gasteiger partial charge < -0.3 is 4.74 Å². The Kier molecular flexibility index (Phi) is 2.17. The van der Waals surface area contributed by atoms with E-state index < -0.39 is 0 Å². The van der Waals surface area contributed by atoms with Crippen LogP contribution in [0.3, 0.4) is 0 Å². The van der Waals surface area contributed by atoms with Gasteiger partial charge in [0.15, 0.2) is 0 Å². The Morgan fingerprint density at radius 2 is 2.18 bits per heavy atom. The molecule has 0 atom stereocenters. The highest BCUT2D eigenvalue weighted by molar-refractivity contribution is 5.17. The monoisotopic (exact) mass is 154 g/mol. The first kappa shape index (κ1) is 8.11. The topological polar surface area (TPSA) is 27.1 Å². The average molecular weight is 154 g/mol. The van der Waals surface area contributed by atoms with Gasteiger partial charge in [0.25, 0.3) is 0 Å². The third kappa shape index (κ3) is 1.53. The minimum atomic E-state index is 0.463. The van der Waals surface area contributed by atoms with Crippen molar-refractivity contribution in [1.82, 2.24) is 9.78 Å². The number of rotatable bonds is 2. The SMILES string of the molecule is COc1cc(C(C)C)nn1C.